The summed E-state index contributed by atoms with van der Waals surface area (Å²) in [6.45, 7) is 11.0. The highest BCUT2D eigenvalue weighted by Gasteiger charge is 2.20. The van der Waals surface area contributed by atoms with Crippen molar-refractivity contribution >= 4 is 11.3 Å². The number of thiazole rings is 1. The second-order valence-electron chi connectivity index (χ2n) is 4.81. The molecule has 0 amide bonds. The van der Waals surface area contributed by atoms with E-state index in [2.05, 4.69) is 36.0 Å². The zero-order valence-corrected chi connectivity index (χ0v) is 11.9. The summed E-state index contributed by atoms with van der Waals surface area (Å²) in [5.74, 6) is 0. The molecule has 1 aliphatic rings. The van der Waals surface area contributed by atoms with Crippen LogP contribution in [0, 0.1) is 13.8 Å². The second-order valence-corrected chi connectivity index (χ2v) is 6.10. The van der Waals surface area contributed by atoms with Crippen molar-refractivity contribution in [3.8, 4) is 0 Å². The molecule has 1 aliphatic heterocycles. The van der Waals surface area contributed by atoms with Gasteiger partial charge in [-0.05, 0) is 39.8 Å². The van der Waals surface area contributed by atoms with Crippen molar-refractivity contribution in [1.82, 2.24) is 15.2 Å². The summed E-state index contributed by atoms with van der Waals surface area (Å²) in [6, 6.07) is 0.693. The number of hydrogen-bond donors (Lipinski definition) is 1. The van der Waals surface area contributed by atoms with Gasteiger partial charge in [0, 0.05) is 17.5 Å². The Morgan fingerprint density at radius 3 is 2.82 bits per heavy atom. The van der Waals surface area contributed by atoms with E-state index < -0.39 is 0 Å². The monoisotopic (exact) mass is 253 g/mol. The van der Waals surface area contributed by atoms with E-state index in [-0.39, 0.29) is 0 Å². The maximum atomic E-state index is 4.65. The summed E-state index contributed by atoms with van der Waals surface area (Å²) in [7, 11) is 0. The minimum absolute atomic E-state index is 0.693. The molecule has 0 aromatic carbocycles. The predicted octanol–water partition coefficient (Wildman–Crippen LogP) is 2.33. The van der Waals surface area contributed by atoms with Crippen molar-refractivity contribution in [3.63, 3.8) is 0 Å². The first-order valence-electron chi connectivity index (χ1n) is 6.58. The van der Waals surface area contributed by atoms with Crippen molar-refractivity contribution in [1.29, 1.82) is 0 Å². The first-order chi connectivity index (χ1) is 8.20. The number of hydrogen-bond acceptors (Lipinski definition) is 4. The van der Waals surface area contributed by atoms with E-state index in [1.165, 1.54) is 35.0 Å². The maximum absolute atomic E-state index is 4.65. The van der Waals surface area contributed by atoms with Gasteiger partial charge in [0.1, 0.15) is 5.01 Å². The van der Waals surface area contributed by atoms with Crippen LogP contribution < -0.4 is 5.32 Å². The van der Waals surface area contributed by atoms with Gasteiger partial charge in [0.05, 0.1) is 12.2 Å². The number of aromatic nitrogens is 1. The summed E-state index contributed by atoms with van der Waals surface area (Å²) in [6.07, 6.45) is 2.63. The highest BCUT2D eigenvalue weighted by atomic mass is 32.1. The molecule has 0 bridgehead atoms. The molecule has 17 heavy (non-hydrogen) atoms. The Kier molecular flexibility index (Phi) is 4.54. The van der Waals surface area contributed by atoms with Gasteiger partial charge < -0.3 is 5.32 Å². The third kappa shape index (κ3) is 3.27. The zero-order valence-electron chi connectivity index (χ0n) is 11.1. The van der Waals surface area contributed by atoms with E-state index in [4.69, 9.17) is 0 Å². The van der Waals surface area contributed by atoms with Crippen LogP contribution in [0.1, 0.15) is 35.3 Å². The minimum atomic E-state index is 0.693. The van der Waals surface area contributed by atoms with Gasteiger partial charge in [-0.1, -0.05) is 6.92 Å². The summed E-state index contributed by atoms with van der Waals surface area (Å²) in [5.41, 5.74) is 1.20. The molecular weight excluding hydrogens is 230 g/mol. The third-order valence-corrected chi connectivity index (χ3v) is 4.66. The number of likely N-dealkylation sites (N-methyl/N-ethyl adjacent to an activating group) is 1. The van der Waals surface area contributed by atoms with Gasteiger partial charge in [0.25, 0.3) is 0 Å². The summed E-state index contributed by atoms with van der Waals surface area (Å²) >= 11 is 1.85. The molecule has 2 rings (SSSR count). The Labute approximate surface area is 108 Å². The Balaban J connectivity index is 1.98. The Morgan fingerprint density at radius 2 is 2.29 bits per heavy atom. The van der Waals surface area contributed by atoms with Crippen molar-refractivity contribution in [3.05, 3.63) is 15.6 Å². The van der Waals surface area contributed by atoms with Gasteiger partial charge in [-0.3, -0.25) is 4.90 Å². The van der Waals surface area contributed by atoms with Crippen LogP contribution in [0.4, 0.5) is 0 Å². The largest absolute Gasteiger partial charge is 0.315 e. The fraction of sp³-hybridized carbons (Fsp3) is 0.769. The summed E-state index contributed by atoms with van der Waals surface area (Å²) in [5, 5.41) is 4.76. The SMILES string of the molecule is CCN(Cc1nc(C)c(C)s1)C1CCCNC1. The van der Waals surface area contributed by atoms with Crippen LogP contribution >= 0.6 is 11.3 Å². The van der Waals surface area contributed by atoms with Crippen LogP contribution in [-0.4, -0.2) is 35.6 Å². The molecule has 2 heterocycles. The molecule has 4 heteroatoms. The molecule has 1 saturated heterocycles. The van der Waals surface area contributed by atoms with Crippen molar-refractivity contribution in [2.75, 3.05) is 19.6 Å². The average molecular weight is 253 g/mol. The Morgan fingerprint density at radius 1 is 1.47 bits per heavy atom. The lowest BCUT2D eigenvalue weighted by Gasteiger charge is -2.33. The highest BCUT2D eigenvalue weighted by molar-refractivity contribution is 7.11. The van der Waals surface area contributed by atoms with Gasteiger partial charge in [-0.2, -0.15) is 0 Å². The van der Waals surface area contributed by atoms with Gasteiger partial charge >= 0.3 is 0 Å². The van der Waals surface area contributed by atoms with Crippen LogP contribution in [0.2, 0.25) is 0 Å². The smallest absolute Gasteiger partial charge is 0.107 e. The van der Waals surface area contributed by atoms with E-state index in [9.17, 15) is 0 Å². The molecule has 0 spiro atoms. The molecule has 0 aliphatic carbocycles. The molecule has 1 N–H and O–H groups in total. The number of piperidine rings is 1. The first-order valence-corrected chi connectivity index (χ1v) is 7.40. The topological polar surface area (TPSA) is 28.2 Å². The van der Waals surface area contributed by atoms with E-state index in [0.717, 1.165) is 19.6 Å². The molecule has 0 radical (unpaired) electrons. The number of rotatable bonds is 4. The van der Waals surface area contributed by atoms with Gasteiger partial charge in [-0.25, -0.2) is 4.98 Å². The Hall–Kier alpha value is -0.450. The van der Waals surface area contributed by atoms with Crippen LogP contribution in [0.15, 0.2) is 0 Å². The molecule has 0 saturated carbocycles. The lowest BCUT2D eigenvalue weighted by atomic mass is 10.1. The fourth-order valence-corrected chi connectivity index (χ4v) is 3.38. The molecule has 1 aromatic rings. The minimum Gasteiger partial charge on any atom is -0.315 e. The quantitative estimate of drug-likeness (QED) is 0.892. The molecule has 96 valence electrons. The van der Waals surface area contributed by atoms with E-state index in [1.54, 1.807) is 0 Å². The molecule has 1 unspecified atom stereocenters. The maximum Gasteiger partial charge on any atom is 0.107 e. The van der Waals surface area contributed by atoms with Crippen LogP contribution in [0.5, 0.6) is 0 Å². The van der Waals surface area contributed by atoms with Crippen LogP contribution in [0.3, 0.4) is 0 Å². The van der Waals surface area contributed by atoms with Crippen LogP contribution in [-0.2, 0) is 6.54 Å². The fourth-order valence-electron chi connectivity index (χ4n) is 2.42. The lowest BCUT2D eigenvalue weighted by molar-refractivity contribution is 0.166. The molecule has 1 fully saturated rings. The molecule has 3 nitrogen and oxygen atoms in total. The normalized spacial score (nSPS) is 21.1. The number of nitrogens with zero attached hydrogens (tertiary/aromatic N) is 2. The third-order valence-electron chi connectivity index (χ3n) is 3.60. The average Bonchev–Trinajstić information content (AvgIpc) is 2.67. The predicted molar refractivity (Wildman–Crippen MR) is 73.6 cm³/mol. The summed E-state index contributed by atoms with van der Waals surface area (Å²) in [4.78, 5) is 8.57. The van der Waals surface area contributed by atoms with Gasteiger partial charge in [0.2, 0.25) is 0 Å². The van der Waals surface area contributed by atoms with Gasteiger partial charge in [0.15, 0.2) is 0 Å². The first kappa shape index (κ1) is 13.0. The lowest BCUT2D eigenvalue weighted by Crippen LogP contribution is -2.45. The van der Waals surface area contributed by atoms with Crippen molar-refractivity contribution in [2.24, 2.45) is 0 Å². The molecular formula is C13H23N3S. The van der Waals surface area contributed by atoms with E-state index in [1.807, 2.05) is 11.3 Å². The molecule has 1 atom stereocenters. The second kappa shape index (κ2) is 5.94. The highest BCUT2D eigenvalue weighted by Crippen LogP contribution is 2.20. The standard InChI is InChI=1S/C13H23N3S/c1-4-16(12-6-5-7-14-8-12)9-13-15-10(2)11(3)17-13/h12,14H,4-9H2,1-3H3. The van der Waals surface area contributed by atoms with Gasteiger partial charge in [-0.15, -0.1) is 11.3 Å². The number of aryl methyl sites for hydroxylation is 2. The Bertz CT molecular complexity index is 336. The zero-order chi connectivity index (χ0) is 12.3. The number of nitrogens with one attached hydrogen (secondary N) is 1. The van der Waals surface area contributed by atoms with Crippen molar-refractivity contribution in [2.45, 2.75) is 46.2 Å². The van der Waals surface area contributed by atoms with Crippen LogP contribution in [0.25, 0.3) is 0 Å². The van der Waals surface area contributed by atoms with E-state index in [0.29, 0.717) is 6.04 Å². The summed E-state index contributed by atoms with van der Waals surface area (Å²) < 4.78 is 0. The van der Waals surface area contributed by atoms with Crippen molar-refractivity contribution < 1.29 is 0 Å². The van der Waals surface area contributed by atoms with E-state index >= 15 is 0 Å². The molecule has 1 aromatic heterocycles.